The Bertz CT molecular complexity index is 1330. The van der Waals surface area contributed by atoms with E-state index >= 15 is 0 Å². The highest BCUT2D eigenvalue weighted by molar-refractivity contribution is 5.92. The zero-order valence-corrected chi connectivity index (χ0v) is 17.5. The molecule has 1 N–H and O–H groups in total. The largest absolute Gasteiger partial charge is 0.477 e. The molecule has 0 saturated carbocycles. The topological polar surface area (TPSA) is 86.3 Å². The van der Waals surface area contributed by atoms with Gasteiger partial charge in [-0.2, -0.15) is 5.10 Å². The van der Waals surface area contributed by atoms with Crippen LogP contribution in [0.1, 0.15) is 41.4 Å². The highest BCUT2D eigenvalue weighted by Gasteiger charge is 2.19. The molecule has 0 bridgehead atoms. The molecule has 0 radical (unpaired) electrons. The van der Waals surface area contributed by atoms with Gasteiger partial charge in [0, 0.05) is 30.9 Å². The van der Waals surface area contributed by atoms with Crippen molar-refractivity contribution in [3.63, 3.8) is 0 Å². The van der Waals surface area contributed by atoms with Crippen molar-refractivity contribution in [2.24, 2.45) is 0 Å². The van der Waals surface area contributed by atoms with Gasteiger partial charge in [0.05, 0.1) is 11.2 Å². The zero-order valence-electron chi connectivity index (χ0n) is 17.5. The molecule has 162 valence electrons. The lowest BCUT2D eigenvalue weighted by Crippen LogP contribution is -2.20. The molecular formula is C25H23N3O4. The second-order valence-electron chi connectivity index (χ2n) is 8.00. The minimum Gasteiger partial charge on any atom is -0.477 e. The van der Waals surface area contributed by atoms with Gasteiger partial charge in [-0.05, 0) is 48.6 Å². The Morgan fingerprint density at radius 2 is 1.91 bits per heavy atom. The second kappa shape index (κ2) is 8.43. The lowest BCUT2D eigenvalue weighted by molar-refractivity contribution is -0.0383. The molecule has 0 aliphatic carbocycles. The fraction of sp³-hybridized carbons (Fsp3) is 0.240. The fourth-order valence-corrected chi connectivity index (χ4v) is 4.29. The molecule has 7 heteroatoms. The summed E-state index contributed by atoms with van der Waals surface area (Å²) in [6.45, 7) is 1.21. The van der Waals surface area contributed by atoms with Crippen LogP contribution in [0.3, 0.4) is 0 Å². The van der Waals surface area contributed by atoms with Gasteiger partial charge in [0.25, 0.3) is 0 Å². The van der Waals surface area contributed by atoms with E-state index in [0.717, 1.165) is 42.7 Å². The molecule has 1 aliphatic heterocycles. The van der Waals surface area contributed by atoms with Crippen LogP contribution >= 0.6 is 0 Å². The molecule has 32 heavy (non-hydrogen) atoms. The predicted molar refractivity (Wildman–Crippen MR) is 121 cm³/mol. The highest BCUT2D eigenvalue weighted by atomic mass is 16.5. The van der Waals surface area contributed by atoms with Gasteiger partial charge in [-0.3, -0.25) is 4.79 Å². The summed E-state index contributed by atoms with van der Waals surface area (Å²) in [5.41, 5.74) is 3.06. The first-order chi connectivity index (χ1) is 15.6. The molecule has 5 rings (SSSR count). The molecule has 4 aromatic rings. The summed E-state index contributed by atoms with van der Waals surface area (Å²) in [7, 11) is 0. The van der Waals surface area contributed by atoms with Crippen LogP contribution in [-0.4, -0.2) is 32.0 Å². The van der Waals surface area contributed by atoms with Crippen molar-refractivity contribution in [3.05, 3.63) is 88.3 Å². The number of pyridine rings is 1. The Labute approximate surface area is 184 Å². The van der Waals surface area contributed by atoms with Crippen molar-refractivity contribution >= 4 is 16.9 Å². The molecule has 3 heterocycles. The van der Waals surface area contributed by atoms with Crippen molar-refractivity contribution in [2.45, 2.75) is 32.0 Å². The van der Waals surface area contributed by atoms with E-state index in [2.05, 4.69) is 5.10 Å². The number of benzene rings is 2. The first-order valence-corrected chi connectivity index (χ1v) is 10.7. The molecule has 2 aromatic carbocycles. The van der Waals surface area contributed by atoms with Crippen LogP contribution in [0.25, 0.3) is 22.2 Å². The number of carboxylic acid groups (broad SMARTS) is 1. The molecule has 1 unspecified atom stereocenters. The maximum atomic E-state index is 12.5. The van der Waals surface area contributed by atoms with Crippen LogP contribution in [0, 0.1) is 0 Å². The number of hydrogen-bond acceptors (Lipinski definition) is 4. The standard InChI is InChI=1S/C25H23N3O4/c29-24-19-5-1-2-6-22(19)27(16-20(24)25(30)31)15-17-8-10-18(11-9-17)21-12-13-26-28(21)23-7-3-4-14-32-23/h1-2,5-6,8-13,16,23H,3-4,7,14-15H2,(H,30,31). The quantitative estimate of drug-likeness (QED) is 0.511. The number of nitrogens with zero attached hydrogens (tertiary/aromatic N) is 3. The monoisotopic (exact) mass is 429 g/mol. The first-order valence-electron chi connectivity index (χ1n) is 10.7. The smallest absolute Gasteiger partial charge is 0.341 e. The summed E-state index contributed by atoms with van der Waals surface area (Å²) in [5, 5.41) is 14.3. The van der Waals surface area contributed by atoms with E-state index in [0.29, 0.717) is 17.4 Å². The Morgan fingerprint density at radius 1 is 1.09 bits per heavy atom. The normalized spacial score (nSPS) is 16.3. The SMILES string of the molecule is O=C(O)c1cn(Cc2ccc(-c3ccnn3C3CCCCO3)cc2)c2ccccc2c1=O. The fourth-order valence-electron chi connectivity index (χ4n) is 4.29. The minimum absolute atomic E-state index is 0.0320. The molecule has 2 aromatic heterocycles. The predicted octanol–water partition coefficient (Wildman–Crippen LogP) is 4.31. The summed E-state index contributed by atoms with van der Waals surface area (Å²) >= 11 is 0. The van der Waals surface area contributed by atoms with E-state index < -0.39 is 11.4 Å². The van der Waals surface area contributed by atoms with Gasteiger partial charge in [-0.25, -0.2) is 9.48 Å². The van der Waals surface area contributed by atoms with Gasteiger partial charge in [0.2, 0.25) is 5.43 Å². The first kappa shape index (κ1) is 20.2. The van der Waals surface area contributed by atoms with Crippen molar-refractivity contribution < 1.29 is 14.6 Å². The molecule has 1 saturated heterocycles. The lowest BCUT2D eigenvalue weighted by Gasteiger charge is -2.24. The van der Waals surface area contributed by atoms with Crippen LogP contribution < -0.4 is 5.43 Å². The lowest BCUT2D eigenvalue weighted by atomic mass is 10.1. The summed E-state index contributed by atoms with van der Waals surface area (Å²) < 4.78 is 9.65. The number of carboxylic acids is 1. The van der Waals surface area contributed by atoms with Crippen LogP contribution in [0.4, 0.5) is 0 Å². The van der Waals surface area contributed by atoms with Crippen molar-refractivity contribution in [3.8, 4) is 11.3 Å². The van der Waals surface area contributed by atoms with Gasteiger partial charge in [0.15, 0.2) is 6.23 Å². The van der Waals surface area contributed by atoms with E-state index in [4.69, 9.17) is 4.74 Å². The molecule has 1 fully saturated rings. The Hall–Kier alpha value is -3.71. The Balaban J connectivity index is 1.46. The third-order valence-electron chi connectivity index (χ3n) is 5.92. The number of aromatic carboxylic acids is 1. The summed E-state index contributed by atoms with van der Waals surface area (Å²) in [4.78, 5) is 24.1. The Morgan fingerprint density at radius 3 is 2.66 bits per heavy atom. The van der Waals surface area contributed by atoms with Crippen molar-refractivity contribution in [2.75, 3.05) is 6.61 Å². The molecule has 1 atom stereocenters. The maximum absolute atomic E-state index is 12.5. The number of carbonyl (C=O) groups is 1. The molecule has 1 aliphatic rings. The number of rotatable bonds is 5. The van der Waals surface area contributed by atoms with Crippen LogP contribution in [0.15, 0.2) is 71.8 Å². The van der Waals surface area contributed by atoms with Gasteiger partial charge in [0.1, 0.15) is 5.56 Å². The van der Waals surface area contributed by atoms with Gasteiger partial charge < -0.3 is 14.4 Å². The van der Waals surface area contributed by atoms with Crippen LogP contribution in [-0.2, 0) is 11.3 Å². The van der Waals surface area contributed by atoms with E-state index in [9.17, 15) is 14.7 Å². The average molecular weight is 429 g/mol. The van der Waals surface area contributed by atoms with E-state index in [-0.39, 0.29) is 11.8 Å². The average Bonchev–Trinajstić information content (AvgIpc) is 3.32. The van der Waals surface area contributed by atoms with Gasteiger partial charge in [-0.15, -0.1) is 0 Å². The Kier molecular flexibility index (Phi) is 5.33. The van der Waals surface area contributed by atoms with E-state index in [1.807, 2.05) is 51.7 Å². The number of fused-ring (bicyclic) bond motifs is 1. The minimum atomic E-state index is -1.22. The van der Waals surface area contributed by atoms with Crippen LogP contribution in [0.5, 0.6) is 0 Å². The molecule has 0 amide bonds. The summed E-state index contributed by atoms with van der Waals surface area (Å²) in [6, 6.07) is 17.2. The van der Waals surface area contributed by atoms with E-state index in [1.54, 1.807) is 18.3 Å². The zero-order chi connectivity index (χ0) is 22.1. The number of aromatic nitrogens is 3. The number of hydrogen-bond donors (Lipinski definition) is 1. The maximum Gasteiger partial charge on any atom is 0.341 e. The van der Waals surface area contributed by atoms with Crippen LogP contribution in [0.2, 0.25) is 0 Å². The number of ether oxygens (including phenoxy) is 1. The van der Waals surface area contributed by atoms with Crippen molar-refractivity contribution in [1.82, 2.24) is 14.3 Å². The highest BCUT2D eigenvalue weighted by Crippen LogP contribution is 2.28. The van der Waals surface area contributed by atoms with Gasteiger partial charge in [-0.1, -0.05) is 36.4 Å². The van der Waals surface area contributed by atoms with Gasteiger partial charge >= 0.3 is 5.97 Å². The summed E-state index contributed by atoms with van der Waals surface area (Å²) in [6.07, 6.45) is 6.37. The molecule has 0 spiro atoms. The van der Waals surface area contributed by atoms with Crippen molar-refractivity contribution in [1.29, 1.82) is 0 Å². The third-order valence-corrected chi connectivity index (χ3v) is 5.92. The third kappa shape index (κ3) is 3.71. The molecular weight excluding hydrogens is 406 g/mol. The summed E-state index contributed by atoms with van der Waals surface area (Å²) in [5.74, 6) is -1.22. The second-order valence-corrected chi connectivity index (χ2v) is 8.00. The van der Waals surface area contributed by atoms with E-state index in [1.165, 1.54) is 6.20 Å². The molecule has 7 nitrogen and oxygen atoms in total. The number of para-hydroxylation sites is 1.